The van der Waals surface area contributed by atoms with Crippen LogP contribution >= 0.6 is 23.2 Å². The van der Waals surface area contributed by atoms with Gasteiger partial charge in [-0.2, -0.15) is 4.98 Å². The number of hydrogen-bond acceptors (Lipinski definition) is 5. The number of aromatic nitrogens is 4. The molecule has 2 N–H and O–H groups in total. The highest BCUT2D eigenvalue weighted by molar-refractivity contribution is 6.42. The quantitative estimate of drug-likeness (QED) is 0.519. The van der Waals surface area contributed by atoms with Gasteiger partial charge in [0.1, 0.15) is 5.82 Å². The van der Waals surface area contributed by atoms with Crippen LogP contribution in [0.5, 0.6) is 0 Å². The summed E-state index contributed by atoms with van der Waals surface area (Å²) in [7, 11) is 1.94. The molecule has 2 aromatic carbocycles. The molecule has 0 aliphatic rings. The van der Waals surface area contributed by atoms with Crippen molar-refractivity contribution in [2.45, 2.75) is 6.92 Å². The highest BCUT2D eigenvalue weighted by Gasteiger charge is 2.20. The molecule has 0 amide bonds. The van der Waals surface area contributed by atoms with E-state index < -0.39 is 0 Å². The van der Waals surface area contributed by atoms with Crippen molar-refractivity contribution in [3.63, 3.8) is 0 Å². The fourth-order valence-corrected chi connectivity index (χ4v) is 3.22. The van der Waals surface area contributed by atoms with Gasteiger partial charge in [-0.1, -0.05) is 53.5 Å². The smallest absolute Gasteiger partial charge is 0.227 e. The van der Waals surface area contributed by atoms with Crippen molar-refractivity contribution in [1.82, 2.24) is 19.7 Å². The van der Waals surface area contributed by atoms with Crippen molar-refractivity contribution in [2.24, 2.45) is 0 Å². The molecule has 0 unspecified atom stereocenters. The first kappa shape index (κ1) is 18.5. The van der Waals surface area contributed by atoms with Gasteiger partial charge in [0.15, 0.2) is 5.65 Å². The van der Waals surface area contributed by atoms with Gasteiger partial charge in [0.2, 0.25) is 5.95 Å². The summed E-state index contributed by atoms with van der Waals surface area (Å²) in [4.78, 5) is 11.4. The van der Waals surface area contributed by atoms with Gasteiger partial charge in [0.05, 0.1) is 26.8 Å². The normalized spacial score (nSPS) is 11.1. The molecule has 8 heteroatoms. The molecule has 0 fully saturated rings. The monoisotopic (exact) mass is 412 g/mol. The van der Waals surface area contributed by atoms with Crippen LogP contribution in [0.4, 0.5) is 11.8 Å². The molecule has 0 radical (unpaired) electrons. The number of fused-ring (bicyclic) bond motifs is 1. The van der Waals surface area contributed by atoms with Crippen LogP contribution in [0.25, 0.3) is 28.0 Å². The first-order valence-electron chi connectivity index (χ1n) is 8.77. The average Bonchev–Trinajstić information content (AvgIpc) is 3.06. The first-order valence-corrected chi connectivity index (χ1v) is 9.53. The molecule has 0 spiro atoms. The summed E-state index contributed by atoms with van der Waals surface area (Å²) in [6, 6.07) is 15.1. The number of halogens is 2. The van der Waals surface area contributed by atoms with Crippen LogP contribution in [-0.2, 0) is 0 Å². The number of benzene rings is 2. The molecular weight excluding hydrogens is 395 g/mol. The Morgan fingerprint density at radius 3 is 2.46 bits per heavy atom. The predicted octanol–water partition coefficient (Wildman–Crippen LogP) is 4.83. The summed E-state index contributed by atoms with van der Waals surface area (Å²) < 4.78 is 1.61. The Morgan fingerprint density at radius 2 is 1.79 bits per heavy atom. The molecule has 6 nitrogen and oxygen atoms in total. The Hall–Kier alpha value is -2.83. The Morgan fingerprint density at radius 1 is 1.04 bits per heavy atom. The van der Waals surface area contributed by atoms with E-state index in [4.69, 9.17) is 33.9 Å². The lowest BCUT2D eigenvalue weighted by molar-refractivity contribution is 0.885. The molecule has 142 valence electrons. The number of anilines is 2. The average molecular weight is 413 g/mol. The van der Waals surface area contributed by atoms with Crippen LogP contribution in [-0.4, -0.2) is 33.3 Å². The van der Waals surface area contributed by atoms with E-state index in [2.05, 4.69) is 10.1 Å². The summed E-state index contributed by atoms with van der Waals surface area (Å²) in [5, 5.41) is 6.23. The van der Waals surface area contributed by atoms with Crippen molar-refractivity contribution in [3.05, 3.63) is 58.6 Å². The number of nitrogens with two attached hydrogens (primary N) is 1. The van der Waals surface area contributed by atoms with Crippen LogP contribution in [0.1, 0.15) is 6.92 Å². The number of nitrogens with zero attached hydrogens (tertiary/aromatic N) is 5. The van der Waals surface area contributed by atoms with E-state index in [1.54, 1.807) is 16.8 Å². The minimum absolute atomic E-state index is 0.430. The third-order valence-corrected chi connectivity index (χ3v) is 5.31. The van der Waals surface area contributed by atoms with Crippen molar-refractivity contribution >= 4 is 46.0 Å². The van der Waals surface area contributed by atoms with Crippen LogP contribution in [0.2, 0.25) is 10.0 Å². The Bertz CT molecular complexity index is 1160. The number of hydrogen-bond donors (Lipinski definition) is 1. The first-order chi connectivity index (χ1) is 13.5. The lowest BCUT2D eigenvalue weighted by Crippen LogP contribution is -2.19. The number of nitrogen functional groups attached to an aromatic ring is 1. The SMILES string of the molecule is CCN(C)c1nc(-c2ccccc2)c2c(N)n(-c3ccc(Cl)c(Cl)c3)nc2n1. The largest absolute Gasteiger partial charge is 0.383 e. The van der Waals surface area contributed by atoms with E-state index in [0.29, 0.717) is 38.5 Å². The highest BCUT2D eigenvalue weighted by Crippen LogP contribution is 2.34. The minimum Gasteiger partial charge on any atom is -0.383 e. The second-order valence-corrected chi connectivity index (χ2v) is 7.16. The zero-order valence-electron chi connectivity index (χ0n) is 15.4. The maximum absolute atomic E-state index is 6.49. The van der Waals surface area contributed by atoms with E-state index in [-0.39, 0.29) is 0 Å². The summed E-state index contributed by atoms with van der Waals surface area (Å²) >= 11 is 12.2. The van der Waals surface area contributed by atoms with Gasteiger partial charge in [-0.05, 0) is 25.1 Å². The zero-order valence-corrected chi connectivity index (χ0v) is 16.9. The standard InChI is InChI=1S/C20H18Cl2N6/c1-3-27(2)20-24-17(12-7-5-4-6-8-12)16-18(23)28(26-19(16)25-20)13-9-10-14(21)15(22)11-13/h4-11H,3,23H2,1-2H3. The molecule has 2 aromatic heterocycles. The lowest BCUT2D eigenvalue weighted by atomic mass is 10.1. The molecule has 4 rings (SSSR count). The van der Waals surface area contributed by atoms with Gasteiger partial charge >= 0.3 is 0 Å². The summed E-state index contributed by atoms with van der Waals surface area (Å²) in [6.45, 7) is 2.81. The molecule has 0 saturated carbocycles. The van der Waals surface area contributed by atoms with E-state index in [1.165, 1.54) is 0 Å². The van der Waals surface area contributed by atoms with E-state index in [0.717, 1.165) is 17.8 Å². The third kappa shape index (κ3) is 3.15. The molecule has 0 saturated heterocycles. The van der Waals surface area contributed by atoms with Gasteiger partial charge in [0.25, 0.3) is 0 Å². The lowest BCUT2D eigenvalue weighted by Gasteiger charge is -2.15. The van der Waals surface area contributed by atoms with Crippen molar-refractivity contribution in [3.8, 4) is 16.9 Å². The van der Waals surface area contributed by atoms with E-state index in [1.807, 2.05) is 55.3 Å². The third-order valence-electron chi connectivity index (χ3n) is 4.57. The maximum Gasteiger partial charge on any atom is 0.227 e. The number of rotatable bonds is 4. The van der Waals surface area contributed by atoms with Gasteiger partial charge < -0.3 is 10.6 Å². The molecule has 0 aliphatic carbocycles. The molecule has 4 aromatic rings. The Kier molecular flexibility index (Phi) is 4.83. The zero-order chi connectivity index (χ0) is 19.8. The van der Waals surface area contributed by atoms with E-state index >= 15 is 0 Å². The van der Waals surface area contributed by atoms with Crippen LogP contribution < -0.4 is 10.6 Å². The Balaban J connectivity index is 2.01. The fourth-order valence-electron chi connectivity index (χ4n) is 2.93. The second kappa shape index (κ2) is 7.30. The molecule has 0 atom stereocenters. The van der Waals surface area contributed by atoms with Crippen LogP contribution in [0, 0.1) is 0 Å². The molecule has 2 heterocycles. The Labute approximate surface area is 172 Å². The second-order valence-electron chi connectivity index (χ2n) is 6.35. The topological polar surface area (TPSA) is 72.9 Å². The molecule has 0 bridgehead atoms. The highest BCUT2D eigenvalue weighted by atomic mass is 35.5. The van der Waals surface area contributed by atoms with Crippen LogP contribution in [0.3, 0.4) is 0 Å². The molecule has 0 aliphatic heterocycles. The maximum atomic E-state index is 6.49. The van der Waals surface area contributed by atoms with Gasteiger partial charge in [0, 0.05) is 19.2 Å². The van der Waals surface area contributed by atoms with Gasteiger partial charge in [-0.25, -0.2) is 9.67 Å². The van der Waals surface area contributed by atoms with Gasteiger partial charge in [-0.15, -0.1) is 5.10 Å². The van der Waals surface area contributed by atoms with Gasteiger partial charge in [-0.3, -0.25) is 0 Å². The minimum atomic E-state index is 0.430. The van der Waals surface area contributed by atoms with Crippen molar-refractivity contribution < 1.29 is 0 Å². The molecular formula is C20H18Cl2N6. The van der Waals surface area contributed by atoms with Crippen LogP contribution in [0.15, 0.2) is 48.5 Å². The fraction of sp³-hybridized carbons (Fsp3) is 0.150. The molecule has 28 heavy (non-hydrogen) atoms. The summed E-state index contributed by atoms with van der Waals surface area (Å²) in [6.07, 6.45) is 0. The van der Waals surface area contributed by atoms with E-state index in [9.17, 15) is 0 Å². The van der Waals surface area contributed by atoms with Crippen molar-refractivity contribution in [2.75, 3.05) is 24.2 Å². The van der Waals surface area contributed by atoms with Crippen molar-refractivity contribution in [1.29, 1.82) is 0 Å². The summed E-state index contributed by atoms with van der Waals surface area (Å²) in [5.74, 6) is 1.03. The predicted molar refractivity (Wildman–Crippen MR) is 115 cm³/mol. The summed E-state index contributed by atoms with van der Waals surface area (Å²) in [5.41, 5.74) is 9.40.